The first-order valence-corrected chi connectivity index (χ1v) is 7.23. The van der Waals surface area contributed by atoms with Gasteiger partial charge in [-0.3, -0.25) is 4.79 Å². The summed E-state index contributed by atoms with van der Waals surface area (Å²) in [6, 6.07) is 10.3. The van der Waals surface area contributed by atoms with E-state index in [0.29, 0.717) is 11.1 Å². The van der Waals surface area contributed by atoms with Crippen LogP contribution in [0.5, 0.6) is 0 Å². The highest BCUT2D eigenvalue weighted by atomic mass is 32.1. The van der Waals surface area contributed by atoms with Crippen molar-refractivity contribution in [2.45, 2.75) is 13.3 Å². The molecule has 0 saturated carbocycles. The molecule has 21 heavy (non-hydrogen) atoms. The highest BCUT2D eigenvalue weighted by Gasteiger charge is 2.15. The first-order valence-electron chi connectivity index (χ1n) is 6.42. The Labute approximate surface area is 124 Å². The van der Waals surface area contributed by atoms with E-state index in [4.69, 9.17) is 5.11 Å². The van der Waals surface area contributed by atoms with Crippen LogP contribution in [0, 0.1) is 12.7 Å². The summed E-state index contributed by atoms with van der Waals surface area (Å²) in [4.78, 5) is 16.0. The number of aryl methyl sites for hydroxylation is 1. The van der Waals surface area contributed by atoms with E-state index in [1.165, 1.54) is 17.4 Å². The Hall–Kier alpha value is -2.27. The van der Waals surface area contributed by atoms with Gasteiger partial charge in [0.15, 0.2) is 0 Å². The molecule has 0 aliphatic rings. The second-order valence-corrected chi connectivity index (χ2v) is 5.82. The molecule has 106 valence electrons. The predicted octanol–water partition coefficient (Wildman–Crippen LogP) is 4.04. The van der Waals surface area contributed by atoms with Crippen LogP contribution in [0.4, 0.5) is 4.39 Å². The number of aromatic nitrogens is 1. The molecule has 3 aromatic rings. The van der Waals surface area contributed by atoms with Crippen LogP contribution in [-0.4, -0.2) is 16.1 Å². The van der Waals surface area contributed by atoms with Gasteiger partial charge in [-0.2, -0.15) is 0 Å². The van der Waals surface area contributed by atoms with Gasteiger partial charge in [0, 0.05) is 15.8 Å². The summed E-state index contributed by atoms with van der Waals surface area (Å²) in [7, 11) is 0. The van der Waals surface area contributed by atoms with Gasteiger partial charge in [-0.1, -0.05) is 24.3 Å². The van der Waals surface area contributed by atoms with Crippen molar-refractivity contribution in [2.75, 3.05) is 0 Å². The third-order valence-electron chi connectivity index (χ3n) is 3.31. The Morgan fingerprint density at radius 3 is 2.67 bits per heavy atom. The molecule has 0 unspecified atom stereocenters. The van der Waals surface area contributed by atoms with Gasteiger partial charge in [-0.25, -0.2) is 9.37 Å². The number of benzene rings is 2. The van der Waals surface area contributed by atoms with Crippen molar-refractivity contribution in [3.05, 3.63) is 52.8 Å². The van der Waals surface area contributed by atoms with Crippen molar-refractivity contribution in [3.63, 3.8) is 0 Å². The smallest absolute Gasteiger partial charge is 0.308 e. The third kappa shape index (κ3) is 2.52. The zero-order valence-corrected chi connectivity index (χ0v) is 12.1. The standard InChI is InChI=1S/C16H12FNO2S/c1-9-14(8-15(19)20)21-16(18-9)12-6-7-13(17)11-5-3-2-4-10(11)12/h2-7H,8H2,1H3,(H,19,20). The van der Waals surface area contributed by atoms with E-state index in [2.05, 4.69) is 4.98 Å². The third-order valence-corrected chi connectivity index (χ3v) is 4.50. The molecule has 0 aliphatic carbocycles. The topological polar surface area (TPSA) is 50.2 Å². The van der Waals surface area contributed by atoms with Gasteiger partial charge in [-0.05, 0) is 24.4 Å². The monoisotopic (exact) mass is 301 g/mol. The first-order chi connectivity index (χ1) is 10.1. The highest BCUT2D eigenvalue weighted by molar-refractivity contribution is 7.15. The van der Waals surface area contributed by atoms with Crippen LogP contribution in [0.2, 0.25) is 0 Å². The summed E-state index contributed by atoms with van der Waals surface area (Å²) < 4.78 is 13.8. The Bertz CT molecular complexity index is 841. The molecule has 1 N–H and O–H groups in total. The number of carboxylic acids is 1. The molecule has 1 heterocycles. The van der Waals surface area contributed by atoms with E-state index >= 15 is 0 Å². The molecular weight excluding hydrogens is 289 g/mol. The second-order valence-electron chi connectivity index (χ2n) is 4.74. The van der Waals surface area contributed by atoms with Crippen molar-refractivity contribution in [1.29, 1.82) is 0 Å². The van der Waals surface area contributed by atoms with Crippen LogP contribution in [0.25, 0.3) is 21.3 Å². The molecule has 3 nitrogen and oxygen atoms in total. The molecule has 5 heteroatoms. The zero-order chi connectivity index (χ0) is 15.0. The lowest BCUT2D eigenvalue weighted by Crippen LogP contribution is -1.99. The lowest BCUT2D eigenvalue weighted by atomic mass is 10.0. The number of rotatable bonds is 3. The lowest BCUT2D eigenvalue weighted by molar-refractivity contribution is -0.136. The molecular formula is C16H12FNO2S. The molecule has 0 saturated heterocycles. The number of carbonyl (C=O) groups is 1. The van der Waals surface area contributed by atoms with Crippen LogP contribution in [0.3, 0.4) is 0 Å². The molecule has 2 aromatic carbocycles. The molecule has 3 rings (SSSR count). The number of carboxylic acid groups (broad SMARTS) is 1. The fraction of sp³-hybridized carbons (Fsp3) is 0.125. The maximum atomic E-state index is 13.8. The van der Waals surface area contributed by atoms with Crippen molar-refractivity contribution >= 4 is 28.1 Å². The number of hydrogen-bond donors (Lipinski definition) is 1. The van der Waals surface area contributed by atoms with Crippen LogP contribution >= 0.6 is 11.3 Å². The quantitative estimate of drug-likeness (QED) is 0.794. The summed E-state index contributed by atoms with van der Waals surface area (Å²) in [5, 5.41) is 11.0. The van der Waals surface area contributed by atoms with Gasteiger partial charge in [0.1, 0.15) is 10.8 Å². The van der Waals surface area contributed by atoms with Crippen molar-refractivity contribution in [3.8, 4) is 10.6 Å². The number of fused-ring (bicyclic) bond motifs is 1. The molecule has 0 aliphatic heterocycles. The summed E-state index contributed by atoms with van der Waals surface area (Å²) in [6.45, 7) is 1.80. The average Bonchev–Trinajstić information content (AvgIpc) is 2.80. The van der Waals surface area contributed by atoms with Crippen LogP contribution in [0.15, 0.2) is 36.4 Å². The molecule has 0 atom stereocenters. The van der Waals surface area contributed by atoms with Crippen molar-refractivity contribution in [1.82, 2.24) is 4.98 Å². The fourth-order valence-electron chi connectivity index (χ4n) is 2.29. The van der Waals surface area contributed by atoms with E-state index in [9.17, 15) is 9.18 Å². The van der Waals surface area contributed by atoms with Gasteiger partial charge in [0.05, 0.1) is 12.1 Å². The van der Waals surface area contributed by atoms with Crippen LogP contribution in [-0.2, 0) is 11.2 Å². The van der Waals surface area contributed by atoms with E-state index in [0.717, 1.165) is 20.8 Å². The van der Waals surface area contributed by atoms with E-state index < -0.39 is 5.97 Å². The Balaban J connectivity index is 2.17. The summed E-state index contributed by atoms with van der Waals surface area (Å²) in [5.41, 5.74) is 1.54. The van der Waals surface area contributed by atoms with Gasteiger partial charge >= 0.3 is 5.97 Å². The number of halogens is 1. The minimum atomic E-state index is -0.878. The zero-order valence-electron chi connectivity index (χ0n) is 11.3. The van der Waals surface area contributed by atoms with Gasteiger partial charge in [-0.15, -0.1) is 11.3 Å². The minimum absolute atomic E-state index is 0.0391. The number of hydrogen-bond acceptors (Lipinski definition) is 3. The average molecular weight is 301 g/mol. The van der Waals surface area contributed by atoms with E-state index in [1.807, 2.05) is 12.1 Å². The second kappa shape index (κ2) is 5.26. The van der Waals surface area contributed by atoms with Crippen molar-refractivity contribution < 1.29 is 14.3 Å². The lowest BCUT2D eigenvalue weighted by Gasteiger charge is -2.04. The first kappa shape index (κ1) is 13.7. The Morgan fingerprint density at radius 1 is 1.24 bits per heavy atom. The minimum Gasteiger partial charge on any atom is -0.481 e. The summed E-state index contributed by atoms with van der Waals surface area (Å²) in [6.07, 6.45) is -0.0391. The highest BCUT2D eigenvalue weighted by Crippen LogP contribution is 2.34. The number of nitrogens with zero attached hydrogens (tertiary/aromatic N) is 1. The number of thiazole rings is 1. The van der Waals surface area contributed by atoms with Gasteiger partial charge < -0.3 is 5.11 Å². The summed E-state index contributed by atoms with van der Waals surface area (Å²) >= 11 is 1.35. The maximum Gasteiger partial charge on any atom is 0.308 e. The van der Waals surface area contributed by atoms with Crippen LogP contribution < -0.4 is 0 Å². The molecule has 0 amide bonds. The Kier molecular flexibility index (Phi) is 3.43. The number of aliphatic carboxylic acids is 1. The van der Waals surface area contributed by atoms with E-state index in [1.54, 1.807) is 25.1 Å². The van der Waals surface area contributed by atoms with Gasteiger partial charge in [0.25, 0.3) is 0 Å². The maximum absolute atomic E-state index is 13.8. The Morgan fingerprint density at radius 2 is 1.95 bits per heavy atom. The molecule has 0 radical (unpaired) electrons. The summed E-state index contributed by atoms with van der Waals surface area (Å²) in [5.74, 6) is -1.15. The molecule has 0 fully saturated rings. The van der Waals surface area contributed by atoms with Gasteiger partial charge in [0.2, 0.25) is 0 Å². The SMILES string of the molecule is Cc1nc(-c2ccc(F)c3ccccc23)sc1CC(=O)O. The fourth-order valence-corrected chi connectivity index (χ4v) is 3.39. The molecule has 0 spiro atoms. The normalized spacial score (nSPS) is 11.0. The largest absolute Gasteiger partial charge is 0.481 e. The van der Waals surface area contributed by atoms with Crippen LogP contribution in [0.1, 0.15) is 10.6 Å². The molecule has 1 aromatic heterocycles. The van der Waals surface area contributed by atoms with Crippen molar-refractivity contribution in [2.24, 2.45) is 0 Å². The van der Waals surface area contributed by atoms with E-state index in [-0.39, 0.29) is 12.2 Å². The molecule has 0 bridgehead atoms. The predicted molar refractivity (Wildman–Crippen MR) is 81.1 cm³/mol.